The zero-order chi connectivity index (χ0) is 20.8. The molecule has 0 aliphatic heterocycles. The number of aryl methyl sites for hydroxylation is 1. The van der Waals surface area contributed by atoms with Crippen LogP contribution in [-0.4, -0.2) is 28.6 Å². The second-order valence-corrected chi connectivity index (χ2v) is 6.61. The molecule has 0 atom stereocenters. The quantitative estimate of drug-likeness (QED) is 0.470. The van der Waals surface area contributed by atoms with E-state index < -0.39 is 11.9 Å². The van der Waals surface area contributed by atoms with Crippen molar-refractivity contribution in [2.75, 3.05) is 11.9 Å². The van der Waals surface area contributed by atoms with Crippen LogP contribution in [0.3, 0.4) is 0 Å². The van der Waals surface area contributed by atoms with Gasteiger partial charge in [0, 0.05) is 23.1 Å². The van der Waals surface area contributed by atoms with E-state index in [1.54, 1.807) is 0 Å². The summed E-state index contributed by atoms with van der Waals surface area (Å²) < 4.78 is 10.2. The molecular formula is C23H19N3O4. The van der Waals surface area contributed by atoms with Gasteiger partial charge in [0.15, 0.2) is 6.61 Å². The average Bonchev–Trinajstić information content (AvgIpc) is 3.26. The lowest BCUT2D eigenvalue weighted by Gasteiger charge is -2.09. The zero-order valence-electron chi connectivity index (χ0n) is 16.1. The van der Waals surface area contributed by atoms with Crippen molar-refractivity contribution in [3.63, 3.8) is 0 Å². The summed E-state index contributed by atoms with van der Waals surface area (Å²) >= 11 is 0. The first kappa shape index (κ1) is 19.3. The molecule has 30 heavy (non-hydrogen) atoms. The molecule has 4 aromatic rings. The molecule has 0 saturated carbocycles. The highest BCUT2D eigenvalue weighted by molar-refractivity contribution is 6.02. The summed E-state index contributed by atoms with van der Waals surface area (Å²) in [6.45, 7) is -0.360. The predicted octanol–water partition coefficient (Wildman–Crippen LogP) is 4.00. The first-order valence-electron chi connectivity index (χ1n) is 9.50. The van der Waals surface area contributed by atoms with Gasteiger partial charge >= 0.3 is 5.97 Å². The van der Waals surface area contributed by atoms with Gasteiger partial charge in [-0.2, -0.15) is 4.98 Å². The number of hydrogen-bond donors (Lipinski definition) is 1. The molecule has 0 saturated heterocycles. The molecule has 0 spiro atoms. The van der Waals surface area contributed by atoms with E-state index in [1.165, 1.54) is 0 Å². The Morgan fingerprint density at radius 2 is 1.70 bits per heavy atom. The van der Waals surface area contributed by atoms with Crippen molar-refractivity contribution >= 4 is 28.3 Å². The molecule has 7 heteroatoms. The number of hydrogen-bond acceptors (Lipinski definition) is 6. The number of nitrogens with zero attached hydrogens (tertiary/aromatic N) is 2. The molecule has 150 valence electrons. The third-order valence-corrected chi connectivity index (χ3v) is 4.47. The molecule has 0 radical (unpaired) electrons. The molecule has 0 bridgehead atoms. The Morgan fingerprint density at radius 3 is 2.57 bits per heavy atom. The number of carbonyl (C=O) groups is 2. The second kappa shape index (κ2) is 9.00. The van der Waals surface area contributed by atoms with Crippen LogP contribution in [0.4, 0.5) is 5.69 Å². The van der Waals surface area contributed by atoms with Crippen LogP contribution in [0.1, 0.15) is 12.3 Å². The first-order chi connectivity index (χ1) is 14.7. The summed E-state index contributed by atoms with van der Waals surface area (Å²) in [5.74, 6) is -0.106. The maximum Gasteiger partial charge on any atom is 0.306 e. The largest absolute Gasteiger partial charge is 0.456 e. The Labute approximate surface area is 172 Å². The number of ether oxygens (including phenoxy) is 1. The number of amides is 1. The summed E-state index contributed by atoms with van der Waals surface area (Å²) in [7, 11) is 0. The third-order valence-electron chi connectivity index (χ3n) is 4.47. The highest BCUT2D eigenvalue weighted by atomic mass is 16.5. The smallest absolute Gasteiger partial charge is 0.306 e. The Balaban J connectivity index is 1.26. The van der Waals surface area contributed by atoms with Gasteiger partial charge in [0.25, 0.3) is 5.91 Å². The second-order valence-electron chi connectivity index (χ2n) is 6.61. The number of anilines is 1. The summed E-state index contributed by atoms with van der Waals surface area (Å²) in [5, 5.41) is 8.62. The van der Waals surface area contributed by atoms with Gasteiger partial charge in [0.2, 0.25) is 11.7 Å². The van der Waals surface area contributed by atoms with Crippen LogP contribution in [0.15, 0.2) is 77.3 Å². The molecule has 0 aliphatic rings. The standard InChI is InChI=1S/C23H19N3O4/c27-20(24-19-12-6-10-16-7-4-5-11-18(16)19)15-29-22(28)14-13-21-25-23(26-30-21)17-8-2-1-3-9-17/h1-12H,13-15H2,(H,24,27). The van der Waals surface area contributed by atoms with Crippen LogP contribution in [-0.2, 0) is 20.7 Å². The molecule has 0 aliphatic carbocycles. The Hall–Kier alpha value is -4.00. The van der Waals surface area contributed by atoms with Crippen LogP contribution >= 0.6 is 0 Å². The van der Waals surface area contributed by atoms with Crippen molar-refractivity contribution in [3.05, 3.63) is 78.7 Å². The highest BCUT2D eigenvalue weighted by Gasteiger charge is 2.13. The normalized spacial score (nSPS) is 10.7. The zero-order valence-corrected chi connectivity index (χ0v) is 16.1. The van der Waals surface area contributed by atoms with E-state index in [2.05, 4.69) is 15.5 Å². The lowest BCUT2D eigenvalue weighted by molar-refractivity contribution is -0.147. The fraction of sp³-hybridized carbons (Fsp3) is 0.130. The number of carbonyl (C=O) groups excluding carboxylic acids is 2. The van der Waals surface area contributed by atoms with Crippen LogP contribution < -0.4 is 5.32 Å². The molecule has 7 nitrogen and oxygen atoms in total. The molecule has 0 unspecified atom stereocenters. The number of esters is 1. The van der Waals surface area contributed by atoms with Gasteiger partial charge in [0.1, 0.15) is 0 Å². The Kier molecular flexibility index (Phi) is 5.80. The topological polar surface area (TPSA) is 94.3 Å². The number of benzene rings is 3. The molecule has 1 aromatic heterocycles. The van der Waals surface area contributed by atoms with Gasteiger partial charge in [-0.3, -0.25) is 9.59 Å². The van der Waals surface area contributed by atoms with Crippen LogP contribution in [0, 0.1) is 0 Å². The maximum atomic E-state index is 12.2. The van der Waals surface area contributed by atoms with Gasteiger partial charge in [-0.15, -0.1) is 0 Å². The molecular weight excluding hydrogens is 382 g/mol. The number of aromatic nitrogens is 2. The highest BCUT2D eigenvalue weighted by Crippen LogP contribution is 2.22. The minimum Gasteiger partial charge on any atom is -0.456 e. The fourth-order valence-electron chi connectivity index (χ4n) is 3.01. The summed E-state index contributed by atoms with van der Waals surface area (Å²) in [6, 6.07) is 22.8. The van der Waals surface area contributed by atoms with E-state index in [9.17, 15) is 9.59 Å². The number of fused-ring (bicyclic) bond motifs is 1. The minimum absolute atomic E-state index is 0.0397. The van der Waals surface area contributed by atoms with E-state index in [0.717, 1.165) is 16.3 Å². The lowest BCUT2D eigenvalue weighted by atomic mass is 10.1. The van der Waals surface area contributed by atoms with Crippen molar-refractivity contribution < 1.29 is 18.8 Å². The number of nitrogens with one attached hydrogen (secondary N) is 1. The Bertz CT molecular complexity index is 1170. The van der Waals surface area contributed by atoms with Gasteiger partial charge in [0.05, 0.1) is 6.42 Å². The maximum absolute atomic E-state index is 12.2. The van der Waals surface area contributed by atoms with Crippen molar-refractivity contribution in [2.24, 2.45) is 0 Å². The molecule has 3 aromatic carbocycles. The van der Waals surface area contributed by atoms with E-state index in [4.69, 9.17) is 9.26 Å². The lowest BCUT2D eigenvalue weighted by Crippen LogP contribution is -2.21. The molecule has 1 N–H and O–H groups in total. The van der Waals surface area contributed by atoms with Crippen molar-refractivity contribution in [1.29, 1.82) is 0 Å². The average molecular weight is 401 g/mol. The summed E-state index contributed by atoms with van der Waals surface area (Å²) in [4.78, 5) is 28.4. The minimum atomic E-state index is -0.512. The summed E-state index contributed by atoms with van der Waals surface area (Å²) in [5.41, 5.74) is 1.51. The molecule has 1 amide bonds. The van der Waals surface area contributed by atoms with E-state index >= 15 is 0 Å². The Morgan fingerprint density at radius 1 is 0.933 bits per heavy atom. The van der Waals surface area contributed by atoms with Gasteiger partial charge in [-0.1, -0.05) is 71.9 Å². The molecule has 1 heterocycles. The van der Waals surface area contributed by atoms with Crippen molar-refractivity contribution in [2.45, 2.75) is 12.8 Å². The molecule has 0 fully saturated rings. The van der Waals surface area contributed by atoms with E-state index in [-0.39, 0.29) is 19.4 Å². The van der Waals surface area contributed by atoms with Crippen molar-refractivity contribution in [3.8, 4) is 11.4 Å². The van der Waals surface area contributed by atoms with E-state index in [1.807, 2.05) is 72.8 Å². The molecule has 4 rings (SSSR count). The third kappa shape index (κ3) is 4.70. The monoisotopic (exact) mass is 401 g/mol. The van der Waals surface area contributed by atoms with E-state index in [0.29, 0.717) is 17.4 Å². The van der Waals surface area contributed by atoms with Crippen molar-refractivity contribution in [1.82, 2.24) is 10.1 Å². The van der Waals surface area contributed by atoms with Crippen LogP contribution in [0.2, 0.25) is 0 Å². The van der Waals surface area contributed by atoms with Gasteiger partial charge in [-0.05, 0) is 11.5 Å². The predicted molar refractivity (Wildman–Crippen MR) is 112 cm³/mol. The van der Waals surface area contributed by atoms with Crippen LogP contribution in [0.5, 0.6) is 0 Å². The first-order valence-corrected chi connectivity index (χ1v) is 9.50. The SMILES string of the molecule is O=C(COC(=O)CCc1nc(-c2ccccc2)no1)Nc1cccc2ccccc12. The number of rotatable bonds is 7. The summed E-state index contributed by atoms with van der Waals surface area (Å²) in [6.07, 6.45) is 0.279. The van der Waals surface area contributed by atoms with Crippen LogP contribution in [0.25, 0.3) is 22.2 Å². The van der Waals surface area contributed by atoms with Gasteiger partial charge < -0.3 is 14.6 Å². The fourth-order valence-corrected chi connectivity index (χ4v) is 3.01. The van der Waals surface area contributed by atoms with Gasteiger partial charge in [-0.25, -0.2) is 0 Å².